The van der Waals surface area contributed by atoms with Gasteiger partial charge in [0.2, 0.25) is 0 Å². The summed E-state index contributed by atoms with van der Waals surface area (Å²) in [6, 6.07) is 15.3. The van der Waals surface area contributed by atoms with Crippen LogP contribution < -0.4 is 10.2 Å². The fourth-order valence-electron chi connectivity index (χ4n) is 3.46. The number of hydrogen-bond acceptors (Lipinski definition) is 4. The van der Waals surface area contributed by atoms with E-state index in [9.17, 15) is 4.79 Å². The van der Waals surface area contributed by atoms with Gasteiger partial charge in [0.1, 0.15) is 0 Å². The second kappa shape index (κ2) is 9.49. The van der Waals surface area contributed by atoms with Gasteiger partial charge in [-0.25, -0.2) is 4.79 Å². The molecule has 7 heteroatoms. The van der Waals surface area contributed by atoms with Gasteiger partial charge in [-0.2, -0.15) is 0 Å². The number of anilines is 1. The summed E-state index contributed by atoms with van der Waals surface area (Å²) in [5.41, 5.74) is 4.27. The van der Waals surface area contributed by atoms with E-state index < -0.39 is 0 Å². The molecule has 0 aliphatic carbocycles. The molecule has 5 nitrogen and oxygen atoms in total. The van der Waals surface area contributed by atoms with Gasteiger partial charge in [0.05, 0.1) is 24.8 Å². The van der Waals surface area contributed by atoms with Gasteiger partial charge in [-0.05, 0) is 55.4 Å². The number of nitrogens with zero attached hydrogens (tertiary/aromatic N) is 2. The molecule has 1 heterocycles. The molecule has 3 rings (SSSR count). The molecule has 158 valence electrons. The Balaban J connectivity index is 2.02. The van der Waals surface area contributed by atoms with Crippen LogP contribution >= 0.6 is 23.8 Å². The lowest BCUT2D eigenvalue weighted by atomic mass is 9.94. The summed E-state index contributed by atoms with van der Waals surface area (Å²) in [6.07, 6.45) is 0. The van der Waals surface area contributed by atoms with E-state index >= 15 is 0 Å². The molecule has 2 aromatic carbocycles. The van der Waals surface area contributed by atoms with E-state index in [1.165, 1.54) is 0 Å². The molecular formula is C23H26ClN3O2S. The van der Waals surface area contributed by atoms with Crippen molar-refractivity contribution in [3.8, 4) is 0 Å². The van der Waals surface area contributed by atoms with Crippen molar-refractivity contribution in [2.24, 2.45) is 0 Å². The number of benzene rings is 2. The molecule has 0 saturated heterocycles. The third-order valence-electron chi connectivity index (χ3n) is 5.12. The molecule has 0 amide bonds. The minimum Gasteiger partial charge on any atom is -0.463 e. The molecule has 0 aromatic heterocycles. The second-order valence-electron chi connectivity index (χ2n) is 7.27. The molecule has 1 aliphatic rings. The van der Waals surface area contributed by atoms with Gasteiger partial charge in [0.25, 0.3) is 0 Å². The number of nitrogens with one attached hydrogen (secondary N) is 1. The van der Waals surface area contributed by atoms with Gasteiger partial charge in [0, 0.05) is 30.5 Å². The molecule has 2 aromatic rings. The molecule has 1 atom stereocenters. The summed E-state index contributed by atoms with van der Waals surface area (Å²) < 4.78 is 5.38. The van der Waals surface area contributed by atoms with Gasteiger partial charge < -0.3 is 19.9 Å². The molecule has 0 spiro atoms. The zero-order chi connectivity index (χ0) is 21.8. The highest BCUT2D eigenvalue weighted by atomic mass is 35.5. The molecule has 1 unspecified atom stereocenters. The summed E-state index contributed by atoms with van der Waals surface area (Å²) >= 11 is 12.0. The van der Waals surface area contributed by atoms with Gasteiger partial charge in [0.15, 0.2) is 5.11 Å². The number of rotatable bonds is 6. The number of halogens is 1. The van der Waals surface area contributed by atoms with Crippen LogP contribution in [0, 0.1) is 0 Å². The molecule has 30 heavy (non-hydrogen) atoms. The number of carbonyl (C=O) groups is 1. The van der Waals surface area contributed by atoms with Crippen LogP contribution in [-0.2, 0) is 16.1 Å². The SMILES string of the molecule is CCOC(=O)C1=C(C)N(Cc2ccccc2Cl)C(=S)NC1c1ccc(N(C)C)cc1. The summed E-state index contributed by atoms with van der Waals surface area (Å²) in [5.74, 6) is -0.351. The van der Waals surface area contributed by atoms with Crippen LogP contribution in [0.5, 0.6) is 0 Å². The van der Waals surface area contributed by atoms with E-state index in [4.69, 9.17) is 28.6 Å². The summed E-state index contributed by atoms with van der Waals surface area (Å²) in [5, 5.41) is 4.54. The minimum atomic E-state index is -0.379. The minimum absolute atomic E-state index is 0.302. The summed E-state index contributed by atoms with van der Waals surface area (Å²) in [6.45, 7) is 4.47. The maximum absolute atomic E-state index is 12.9. The number of esters is 1. The maximum Gasteiger partial charge on any atom is 0.338 e. The molecule has 0 fully saturated rings. The summed E-state index contributed by atoms with van der Waals surface area (Å²) in [4.78, 5) is 16.8. The molecule has 0 bridgehead atoms. The van der Waals surface area contributed by atoms with Crippen molar-refractivity contribution >= 4 is 40.6 Å². The van der Waals surface area contributed by atoms with Gasteiger partial charge in [-0.1, -0.05) is 41.9 Å². The first-order chi connectivity index (χ1) is 14.3. The Hall–Kier alpha value is -2.57. The van der Waals surface area contributed by atoms with Crippen LogP contribution in [0.4, 0.5) is 5.69 Å². The van der Waals surface area contributed by atoms with Crippen molar-refractivity contribution < 1.29 is 9.53 Å². The smallest absolute Gasteiger partial charge is 0.338 e. The Morgan fingerprint density at radius 1 is 1.20 bits per heavy atom. The van der Waals surface area contributed by atoms with E-state index in [2.05, 4.69) is 5.32 Å². The molecular weight excluding hydrogens is 418 g/mol. The number of ether oxygens (including phenoxy) is 1. The third kappa shape index (κ3) is 4.60. The fraction of sp³-hybridized carbons (Fsp3) is 0.304. The van der Waals surface area contributed by atoms with Crippen molar-refractivity contribution in [1.82, 2.24) is 10.2 Å². The first-order valence-corrected chi connectivity index (χ1v) is 10.6. The van der Waals surface area contributed by atoms with Crippen LogP contribution in [0.25, 0.3) is 0 Å². The van der Waals surface area contributed by atoms with E-state index in [-0.39, 0.29) is 12.0 Å². The van der Waals surface area contributed by atoms with Crippen molar-refractivity contribution in [1.29, 1.82) is 0 Å². The highest BCUT2D eigenvalue weighted by Gasteiger charge is 2.35. The van der Waals surface area contributed by atoms with Crippen LogP contribution in [0.1, 0.15) is 31.0 Å². The number of allylic oxidation sites excluding steroid dienone is 1. The number of carbonyl (C=O) groups excluding carboxylic acids is 1. The average molecular weight is 444 g/mol. The first kappa shape index (κ1) is 22.1. The van der Waals surface area contributed by atoms with Crippen LogP contribution in [0.3, 0.4) is 0 Å². The molecule has 1 aliphatic heterocycles. The standard InChI is InChI=1S/C23H26ClN3O2S/c1-5-29-22(28)20-15(2)27(14-17-8-6-7-9-19(17)24)23(30)25-21(20)16-10-12-18(13-11-16)26(3)4/h6-13,21H,5,14H2,1-4H3,(H,25,30). The Labute approximate surface area is 188 Å². The highest BCUT2D eigenvalue weighted by Crippen LogP contribution is 2.33. The lowest BCUT2D eigenvalue weighted by molar-refractivity contribution is -0.139. The van der Waals surface area contributed by atoms with Gasteiger partial charge >= 0.3 is 5.97 Å². The van der Waals surface area contributed by atoms with E-state index in [0.29, 0.717) is 28.9 Å². The Kier molecular flexibility index (Phi) is 7.00. The van der Waals surface area contributed by atoms with E-state index in [0.717, 1.165) is 22.5 Å². The normalized spacial score (nSPS) is 16.4. The zero-order valence-corrected chi connectivity index (χ0v) is 19.2. The molecule has 0 radical (unpaired) electrons. The highest BCUT2D eigenvalue weighted by molar-refractivity contribution is 7.80. The Morgan fingerprint density at radius 3 is 2.47 bits per heavy atom. The predicted molar refractivity (Wildman–Crippen MR) is 126 cm³/mol. The van der Waals surface area contributed by atoms with Crippen LogP contribution in [0.2, 0.25) is 5.02 Å². The van der Waals surface area contributed by atoms with E-state index in [1.54, 1.807) is 6.92 Å². The maximum atomic E-state index is 12.9. The first-order valence-electron chi connectivity index (χ1n) is 9.80. The second-order valence-corrected chi connectivity index (χ2v) is 8.06. The Bertz CT molecular complexity index is 973. The van der Waals surface area contributed by atoms with E-state index in [1.807, 2.05) is 79.3 Å². The van der Waals surface area contributed by atoms with Gasteiger partial charge in [-0.3, -0.25) is 0 Å². The molecule has 1 N–H and O–H groups in total. The lowest BCUT2D eigenvalue weighted by Gasteiger charge is -2.37. The summed E-state index contributed by atoms with van der Waals surface area (Å²) in [7, 11) is 3.98. The topological polar surface area (TPSA) is 44.8 Å². The predicted octanol–water partition coefficient (Wildman–Crippen LogP) is 4.67. The van der Waals surface area contributed by atoms with Crippen LogP contribution in [-0.4, -0.2) is 36.7 Å². The zero-order valence-electron chi connectivity index (χ0n) is 17.6. The quantitative estimate of drug-likeness (QED) is 0.516. The van der Waals surface area contributed by atoms with Crippen LogP contribution in [0.15, 0.2) is 59.8 Å². The van der Waals surface area contributed by atoms with Crippen molar-refractivity contribution in [2.75, 3.05) is 25.6 Å². The average Bonchev–Trinajstić information content (AvgIpc) is 2.72. The molecule has 0 saturated carbocycles. The number of hydrogen-bond donors (Lipinski definition) is 1. The third-order valence-corrected chi connectivity index (χ3v) is 5.83. The van der Waals surface area contributed by atoms with Crippen molar-refractivity contribution in [3.63, 3.8) is 0 Å². The van der Waals surface area contributed by atoms with Crippen molar-refractivity contribution in [2.45, 2.75) is 26.4 Å². The van der Waals surface area contributed by atoms with Crippen molar-refractivity contribution in [3.05, 3.63) is 76.0 Å². The Morgan fingerprint density at radius 2 is 1.87 bits per heavy atom. The fourth-order valence-corrected chi connectivity index (χ4v) is 3.97. The number of thiocarbonyl (C=S) groups is 1. The van der Waals surface area contributed by atoms with Gasteiger partial charge in [-0.15, -0.1) is 0 Å². The lowest BCUT2D eigenvalue weighted by Crippen LogP contribution is -2.47. The monoisotopic (exact) mass is 443 g/mol. The largest absolute Gasteiger partial charge is 0.463 e.